The highest BCUT2D eigenvalue weighted by Gasteiger charge is 2.29. The Morgan fingerprint density at radius 2 is 1.23 bits per heavy atom. The first kappa shape index (κ1) is 18.3. The Morgan fingerprint density at radius 1 is 0.864 bits per heavy atom. The van der Waals surface area contributed by atoms with Crippen molar-refractivity contribution in [3.63, 3.8) is 0 Å². The minimum atomic E-state index is -0.0357. The maximum atomic E-state index is 11.9. The lowest BCUT2D eigenvalue weighted by atomic mass is 9.81. The van der Waals surface area contributed by atoms with Gasteiger partial charge in [-0.1, -0.05) is 26.7 Å². The van der Waals surface area contributed by atoms with Gasteiger partial charge < -0.3 is 0 Å². The van der Waals surface area contributed by atoms with Gasteiger partial charge in [0.05, 0.1) is 0 Å². The summed E-state index contributed by atoms with van der Waals surface area (Å²) in [6.07, 6.45) is 10.1. The first-order chi connectivity index (χ1) is 10.7. The molecular formula is C16H28N4O2. The summed E-state index contributed by atoms with van der Waals surface area (Å²) < 4.78 is 0. The van der Waals surface area contributed by atoms with E-state index < -0.39 is 0 Å². The van der Waals surface area contributed by atoms with Crippen LogP contribution in [0.5, 0.6) is 0 Å². The molecule has 2 N–H and O–H groups in total. The summed E-state index contributed by atoms with van der Waals surface area (Å²) in [5.74, 6) is -0.141. The average Bonchev–Trinajstić information content (AvgIpc) is 2.55. The Bertz CT molecular complexity index is 361. The van der Waals surface area contributed by atoms with Crippen molar-refractivity contribution in [2.24, 2.45) is 22.0 Å². The molecule has 0 bridgehead atoms. The third kappa shape index (κ3) is 6.83. The molecule has 0 aromatic heterocycles. The van der Waals surface area contributed by atoms with Crippen LogP contribution in [0.4, 0.5) is 0 Å². The second kappa shape index (κ2) is 10.9. The highest BCUT2D eigenvalue weighted by molar-refractivity contribution is 5.81. The van der Waals surface area contributed by atoms with Gasteiger partial charge in [0.1, 0.15) is 0 Å². The number of unbranched alkanes of at least 4 members (excludes halogenated alkanes) is 2. The molecule has 1 aliphatic carbocycles. The molecule has 1 aliphatic rings. The quantitative estimate of drug-likeness (QED) is 0.533. The van der Waals surface area contributed by atoms with E-state index in [1.54, 1.807) is 12.4 Å². The van der Waals surface area contributed by atoms with Gasteiger partial charge in [-0.05, 0) is 38.5 Å². The number of nitrogens with one attached hydrogen (secondary N) is 2. The monoisotopic (exact) mass is 308 g/mol. The summed E-state index contributed by atoms with van der Waals surface area (Å²) in [5, 5.41) is 7.85. The number of hydrogen-bond donors (Lipinski definition) is 2. The summed E-state index contributed by atoms with van der Waals surface area (Å²) in [7, 11) is 0. The fourth-order valence-corrected chi connectivity index (χ4v) is 2.41. The van der Waals surface area contributed by atoms with Gasteiger partial charge >= 0.3 is 0 Å². The van der Waals surface area contributed by atoms with Crippen LogP contribution in [0.25, 0.3) is 0 Å². The Hall–Kier alpha value is -1.72. The second-order valence-corrected chi connectivity index (χ2v) is 5.70. The SMILES string of the molecule is CCC/C=N/NC(=O)C1CCC(C(=O)N/N=C/CCC)CC1. The van der Waals surface area contributed by atoms with Gasteiger partial charge in [-0.25, -0.2) is 10.9 Å². The Kier molecular flexibility index (Phi) is 9.11. The van der Waals surface area contributed by atoms with Crippen LogP contribution in [0, 0.1) is 11.8 Å². The molecule has 0 atom stereocenters. The van der Waals surface area contributed by atoms with Crippen LogP contribution >= 0.6 is 0 Å². The van der Waals surface area contributed by atoms with E-state index in [1.807, 2.05) is 0 Å². The minimum Gasteiger partial charge on any atom is -0.273 e. The third-order valence-electron chi connectivity index (χ3n) is 3.84. The number of carbonyl (C=O) groups is 2. The molecule has 22 heavy (non-hydrogen) atoms. The Balaban J connectivity index is 2.27. The molecule has 1 rings (SSSR count). The van der Waals surface area contributed by atoms with Crippen LogP contribution in [-0.2, 0) is 9.59 Å². The summed E-state index contributed by atoms with van der Waals surface area (Å²) in [5.41, 5.74) is 5.17. The average molecular weight is 308 g/mol. The molecule has 2 amide bonds. The molecule has 0 unspecified atom stereocenters. The van der Waals surface area contributed by atoms with E-state index >= 15 is 0 Å². The minimum absolute atomic E-state index is 0.0350. The number of hydrogen-bond acceptors (Lipinski definition) is 4. The van der Waals surface area contributed by atoms with Crippen LogP contribution in [0.3, 0.4) is 0 Å². The van der Waals surface area contributed by atoms with E-state index in [-0.39, 0.29) is 23.7 Å². The number of rotatable bonds is 8. The summed E-state index contributed by atoms with van der Waals surface area (Å²) in [6.45, 7) is 4.12. The zero-order chi connectivity index (χ0) is 16.2. The Morgan fingerprint density at radius 3 is 1.55 bits per heavy atom. The van der Waals surface area contributed by atoms with Crippen LogP contribution in [0.15, 0.2) is 10.2 Å². The molecule has 1 fully saturated rings. The van der Waals surface area contributed by atoms with Gasteiger partial charge in [0.25, 0.3) is 0 Å². The third-order valence-corrected chi connectivity index (χ3v) is 3.84. The van der Waals surface area contributed by atoms with Crippen LogP contribution in [0.1, 0.15) is 65.2 Å². The number of carbonyl (C=O) groups excluding carboxylic acids is 2. The van der Waals surface area contributed by atoms with Gasteiger partial charge in [-0.3, -0.25) is 9.59 Å². The smallest absolute Gasteiger partial charge is 0.243 e. The van der Waals surface area contributed by atoms with Crippen LogP contribution in [-0.4, -0.2) is 24.2 Å². The fourth-order valence-electron chi connectivity index (χ4n) is 2.41. The van der Waals surface area contributed by atoms with Crippen molar-refractivity contribution >= 4 is 24.2 Å². The molecule has 1 saturated carbocycles. The van der Waals surface area contributed by atoms with Crippen molar-refractivity contribution < 1.29 is 9.59 Å². The van der Waals surface area contributed by atoms with Crippen molar-refractivity contribution in [3.8, 4) is 0 Å². The zero-order valence-corrected chi connectivity index (χ0v) is 13.7. The van der Waals surface area contributed by atoms with Gasteiger partial charge in [-0.2, -0.15) is 10.2 Å². The molecule has 124 valence electrons. The van der Waals surface area contributed by atoms with Crippen molar-refractivity contribution in [1.29, 1.82) is 0 Å². The first-order valence-electron chi connectivity index (χ1n) is 8.31. The maximum Gasteiger partial charge on any atom is 0.243 e. The molecule has 0 heterocycles. The first-order valence-corrected chi connectivity index (χ1v) is 8.31. The summed E-state index contributed by atoms with van der Waals surface area (Å²) >= 11 is 0. The molecule has 6 nitrogen and oxygen atoms in total. The zero-order valence-electron chi connectivity index (χ0n) is 13.7. The summed E-state index contributed by atoms with van der Waals surface area (Å²) in [4.78, 5) is 23.9. The number of hydrazone groups is 2. The summed E-state index contributed by atoms with van der Waals surface area (Å²) in [6, 6.07) is 0. The molecule has 0 radical (unpaired) electrons. The molecular weight excluding hydrogens is 280 g/mol. The van der Waals surface area contributed by atoms with Gasteiger partial charge in [0.2, 0.25) is 11.8 Å². The predicted molar refractivity (Wildman–Crippen MR) is 88.5 cm³/mol. The molecule has 0 aliphatic heterocycles. The second-order valence-electron chi connectivity index (χ2n) is 5.70. The van der Waals surface area contributed by atoms with Crippen LogP contribution in [0.2, 0.25) is 0 Å². The van der Waals surface area contributed by atoms with Crippen LogP contribution < -0.4 is 10.9 Å². The normalized spacial score (nSPS) is 22.1. The van der Waals surface area contributed by atoms with E-state index in [4.69, 9.17) is 0 Å². The topological polar surface area (TPSA) is 82.9 Å². The fraction of sp³-hybridized carbons (Fsp3) is 0.750. The predicted octanol–water partition coefficient (Wildman–Crippen LogP) is 2.60. The molecule has 0 aromatic rings. The standard InChI is InChI=1S/C16H28N4O2/c1-3-5-11-17-19-15(21)13-7-9-14(10-8-13)16(22)20-18-12-6-4-2/h11-14H,3-10H2,1-2H3,(H,19,21)(H,20,22)/b17-11+,18-12+. The van der Waals surface area contributed by atoms with E-state index in [0.29, 0.717) is 0 Å². The largest absolute Gasteiger partial charge is 0.273 e. The maximum absolute atomic E-state index is 11.9. The number of amides is 2. The lowest BCUT2D eigenvalue weighted by Gasteiger charge is -2.25. The van der Waals surface area contributed by atoms with Crippen molar-refractivity contribution in [2.45, 2.75) is 65.2 Å². The van der Waals surface area contributed by atoms with E-state index in [9.17, 15) is 9.59 Å². The van der Waals surface area contributed by atoms with Gasteiger partial charge in [0.15, 0.2) is 0 Å². The molecule has 0 aromatic carbocycles. The van der Waals surface area contributed by atoms with E-state index in [1.165, 1.54) is 0 Å². The highest BCUT2D eigenvalue weighted by atomic mass is 16.2. The van der Waals surface area contributed by atoms with Crippen molar-refractivity contribution in [1.82, 2.24) is 10.9 Å². The Labute approximate surface area is 132 Å². The molecule has 6 heteroatoms. The number of nitrogens with zero attached hydrogens (tertiary/aromatic N) is 2. The lowest BCUT2D eigenvalue weighted by molar-refractivity contribution is -0.130. The molecule has 0 saturated heterocycles. The van der Waals surface area contributed by atoms with E-state index in [2.05, 4.69) is 34.9 Å². The van der Waals surface area contributed by atoms with Crippen molar-refractivity contribution in [2.75, 3.05) is 0 Å². The van der Waals surface area contributed by atoms with E-state index in [0.717, 1.165) is 51.4 Å². The van der Waals surface area contributed by atoms with Crippen molar-refractivity contribution in [3.05, 3.63) is 0 Å². The lowest BCUT2D eigenvalue weighted by Crippen LogP contribution is -2.35. The molecule has 0 spiro atoms. The van der Waals surface area contributed by atoms with Gasteiger partial charge in [0, 0.05) is 24.3 Å². The highest BCUT2D eigenvalue weighted by Crippen LogP contribution is 2.29. The van der Waals surface area contributed by atoms with Gasteiger partial charge in [-0.15, -0.1) is 0 Å².